The molecule has 11 nitrogen and oxygen atoms in total. The fraction of sp³-hybridized carbons (Fsp3) is 0.467. The molecule has 2 aromatic carbocycles. The van der Waals surface area contributed by atoms with Crippen LogP contribution in [0.4, 0.5) is 5.69 Å². The quantitative estimate of drug-likeness (QED) is 0.335. The molecule has 2 aliphatic heterocycles. The third-order valence-corrected chi connectivity index (χ3v) is 10.0. The van der Waals surface area contributed by atoms with Gasteiger partial charge >= 0.3 is 0 Å². The van der Waals surface area contributed by atoms with Crippen molar-refractivity contribution in [1.29, 1.82) is 0 Å². The van der Waals surface area contributed by atoms with Gasteiger partial charge in [-0.1, -0.05) is 17.7 Å². The molecule has 0 spiro atoms. The van der Waals surface area contributed by atoms with Gasteiger partial charge in [0.2, 0.25) is 5.91 Å². The van der Waals surface area contributed by atoms with Gasteiger partial charge in [-0.15, -0.1) is 5.10 Å². The average Bonchev–Trinajstić information content (AvgIpc) is 3.41. The number of nitrogens with one attached hydrogen (secondary N) is 2. The molecule has 1 amide bonds. The minimum absolute atomic E-state index is 0.0932. The predicted octanol–water partition coefficient (Wildman–Crippen LogP) is 1.93. The van der Waals surface area contributed by atoms with Gasteiger partial charge in [0, 0.05) is 43.3 Å². The van der Waals surface area contributed by atoms with E-state index in [0.29, 0.717) is 28.3 Å². The fourth-order valence-electron chi connectivity index (χ4n) is 5.98. The SMILES string of the molecule is Cc1ccc(S(=O)c2n[nH]n3c2nc(=O)c2ccc(N4CCN(CC(=O)NCC5CCN(C)CC5)CC4)cc23)c(C)c1. The largest absolute Gasteiger partial charge is 0.369 e. The van der Waals surface area contributed by atoms with Crippen LogP contribution in [0.15, 0.2) is 51.1 Å². The van der Waals surface area contributed by atoms with Gasteiger partial charge in [-0.2, -0.15) is 4.98 Å². The Labute approximate surface area is 247 Å². The molecular weight excluding hydrogens is 552 g/mol. The summed E-state index contributed by atoms with van der Waals surface area (Å²) in [7, 11) is 0.548. The van der Waals surface area contributed by atoms with E-state index in [-0.39, 0.29) is 22.1 Å². The van der Waals surface area contributed by atoms with Gasteiger partial charge in [-0.05, 0) is 82.6 Å². The topological polar surface area (TPSA) is 119 Å². The third-order valence-electron chi connectivity index (χ3n) is 8.55. The summed E-state index contributed by atoms with van der Waals surface area (Å²) in [4.78, 5) is 37.3. The van der Waals surface area contributed by atoms with E-state index in [0.717, 1.165) is 75.5 Å². The van der Waals surface area contributed by atoms with Crippen LogP contribution in [0, 0.1) is 19.8 Å². The smallest absolute Gasteiger partial charge is 0.281 e. The normalized spacial score (nSPS) is 18.1. The van der Waals surface area contributed by atoms with Crippen LogP contribution < -0.4 is 15.8 Å². The Morgan fingerprint density at radius 3 is 2.55 bits per heavy atom. The molecule has 4 heterocycles. The van der Waals surface area contributed by atoms with Crippen LogP contribution in [0.25, 0.3) is 16.6 Å². The van der Waals surface area contributed by atoms with Crippen molar-refractivity contribution in [3.8, 4) is 0 Å². The number of anilines is 1. The standard InChI is InChI=1S/C30H38N8O3S/c1-20-4-7-26(21(2)16-20)42(41)30-28-32-29(40)24-6-5-23(17-25(24)38(28)34-33-30)37-14-12-36(13-15-37)19-27(39)31-18-22-8-10-35(3)11-9-22/h4-7,16-17,22,34H,8-15,18-19H2,1-3H3,(H,31,39). The van der Waals surface area contributed by atoms with Crippen LogP contribution in [0.3, 0.4) is 0 Å². The van der Waals surface area contributed by atoms with E-state index >= 15 is 0 Å². The first-order chi connectivity index (χ1) is 20.3. The van der Waals surface area contributed by atoms with Crippen molar-refractivity contribution in [1.82, 2.24) is 34.9 Å². The van der Waals surface area contributed by atoms with Crippen molar-refractivity contribution in [2.45, 2.75) is 36.6 Å². The summed E-state index contributed by atoms with van der Waals surface area (Å²) in [6.45, 7) is 10.4. The summed E-state index contributed by atoms with van der Waals surface area (Å²) in [5.74, 6) is 0.664. The maximum atomic E-state index is 13.5. The number of benzene rings is 2. The Kier molecular flexibility index (Phi) is 8.11. The predicted molar refractivity (Wildman–Crippen MR) is 164 cm³/mol. The second kappa shape index (κ2) is 11.9. The molecule has 0 bridgehead atoms. The van der Waals surface area contributed by atoms with Crippen molar-refractivity contribution in [2.24, 2.45) is 5.92 Å². The number of piperidine rings is 1. The van der Waals surface area contributed by atoms with Crippen molar-refractivity contribution < 1.29 is 9.00 Å². The second-order valence-electron chi connectivity index (χ2n) is 11.6. The Hall–Kier alpha value is -3.61. The van der Waals surface area contributed by atoms with Crippen LogP contribution in [-0.2, 0) is 15.6 Å². The number of piperazine rings is 1. The van der Waals surface area contributed by atoms with Crippen molar-refractivity contribution in [3.05, 3.63) is 57.9 Å². The highest BCUT2D eigenvalue weighted by atomic mass is 32.2. The average molecular weight is 591 g/mol. The van der Waals surface area contributed by atoms with E-state index in [9.17, 15) is 13.8 Å². The number of aromatic nitrogens is 4. The summed E-state index contributed by atoms with van der Waals surface area (Å²) < 4.78 is 15.1. The van der Waals surface area contributed by atoms with Gasteiger partial charge in [0.05, 0.1) is 17.4 Å². The van der Waals surface area contributed by atoms with E-state index in [1.54, 1.807) is 10.6 Å². The van der Waals surface area contributed by atoms with Gasteiger partial charge in [-0.3, -0.25) is 14.5 Å². The molecule has 222 valence electrons. The van der Waals surface area contributed by atoms with Gasteiger partial charge in [0.15, 0.2) is 10.7 Å². The molecule has 1 unspecified atom stereocenters. The van der Waals surface area contributed by atoms with E-state index in [1.807, 2.05) is 44.2 Å². The maximum absolute atomic E-state index is 13.5. The van der Waals surface area contributed by atoms with Crippen LogP contribution in [0.5, 0.6) is 0 Å². The Morgan fingerprint density at radius 1 is 1.05 bits per heavy atom. The highest BCUT2D eigenvalue weighted by Crippen LogP contribution is 2.25. The van der Waals surface area contributed by atoms with Gasteiger partial charge in [-0.25, -0.2) is 13.9 Å². The summed E-state index contributed by atoms with van der Waals surface area (Å²) in [6, 6.07) is 11.4. The molecule has 42 heavy (non-hydrogen) atoms. The molecule has 0 radical (unpaired) electrons. The lowest BCUT2D eigenvalue weighted by atomic mass is 9.97. The molecule has 2 aromatic heterocycles. The van der Waals surface area contributed by atoms with Crippen LogP contribution in [-0.4, -0.2) is 99.1 Å². The fourth-order valence-corrected chi connectivity index (χ4v) is 7.15. The molecule has 0 aliphatic carbocycles. The van der Waals surface area contributed by atoms with Gasteiger partial charge in [0.1, 0.15) is 10.8 Å². The lowest BCUT2D eigenvalue weighted by Gasteiger charge is -2.36. The second-order valence-corrected chi connectivity index (χ2v) is 13.0. The zero-order chi connectivity index (χ0) is 29.4. The zero-order valence-corrected chi connectivity index (χ0v) is 25.2. The molecule has 4 aromatic rings. The molecular formula is C30H38N8O3S. The van der Waals surface area contributed by atoms with Gasteiger partial charge < -0.3 is 15.1 Å². The number of fused-ring (bicyclic) bond motifs is 3. The highest BCUT2D eigenvalue weighted by Gasteiger charge is 2.23. The Balaban J connectivity index is 1.14. The Bertz CT molecular complexity index is 1700. The van der Waals surface area contributed by atoms with Crippen molar-refractivity contribution in [2.75, 3.05) is 64.3 Å². The molecule has 12 heteroatoms. The number of likely N-dealkylation sites (tertiary alicyclic amines) is 1. The monoisotopic (exact) mass is 590 g/mol. The maximum Gasteiger partial charge on any atom is 0.281 e. The lowest BCUT2D eigenvalue weighted by molar-refractivity contribution is -0.122. The molecule has 1 atom stereocenters. The van der Waals surface area contributed by atoms with E-state index in [1.165, 1.54) is 0 Å². The van der Waals surface area contributed by atoms with Crippen molar-refractivity contribution >= 4 is 38.9 Å². The summed E-state index contributed by atoms with van der Waals surface area (Å²) in [5, 5.41) is 11.1. The van der Waals surface area contributed by atoms with Crippen LogP contribution in [0.1, 0.15) is 24.0 Å². The zero-order valence-electron chi connectivity index (χ0n) is 24.4. The van der Waals surface area contributed by atoms with Crippen LogP contribution >= 0.6 is 0 Å². The number of aryl methyl sites for hydroxylation is 2. The first-order valence-corrected chi connectivity index (χ1v) is 15.7. The number of hydrogen-bond donors (Lipinski definition) is 2. The number of aromatic amines is 1. The van der Waals surface area contributed by atoms with E-state index in [2.05, 4.69) is 42.4 Å². The summed E-state index contributed by atoms with van der Waals surface area (Å²) in [6.07, 6.45) is 2.28. The number of nitrogens with zero attached hydrogens (tertiary/aromatic N) is 6. The third kappa shape index (κ3) is 5.83. The molecule has 2 aliphatic rings. The summed E-state index contributed by atoms with van der Waals surface area (Å²) >= 11 is 0. The molecule has 0 saturated carbocycles. The van der Waals surface area contributed by atoms with E-state index < -0.39 is 10.8 Å². The molecule has 6 rings (SSSR count). The number of rotatable bonds is 7. The lowest BCUT2D eigenvalue weighted by Crippen LogP contribution is -2.50. The number of amides is 1. The summed E-state index contributed by atoms with van der Waals surface area (Å²) in [5.41, 5.74) is 3.47. The number of hydrogen-bond acceptors (Lipinski definition) is 8. The Morgan fingerprint density at radius 2 is 1.81 bits per heavy atom. The molecule has 2 fully saturated rings. The highest BCUT2D eigenvalue weighted by molar-refractivity contribution is 7.85. The minimum Gasteiger partial charge on any atom is -0.369 e. The molecule has 2 saturated heterocycles. The first kappa shape index (κ1) is 28.5. The number of H-pyrrole nitrogens is 1. The van der Waals surface area contributed by atoms with Gasteiger partial charge in [0.25, 0.3) is 5.56 Å². The number of carbonyl (C=O) groups excluding carboxylic acids is 1. The van der Waals surface area contributed by atoms with E-state index in [4.69, 9.17) is 0 Å². The minimum atomic E-state index is -1.60. The first-order valence-electron chi connectivity index (χ1n) is 14.6. The molecule has 2 N–H and O–H groups in total. The van der Waals surface area contributed by atoms with Crippen molar-refractivity contribution in [3.63, 3.8) is 0 Å². The number of carbonyl (C=O) groups is 1. The van der Waals surface area contributed by atoms with Crippen LogP contribution in [0.2, 0.25) is 0 Å².